The molecule has 0 spiro atoms. The highest BCUT2D eigenvalue weighted by molar-refractivity contribution is 6.33. The van der Waals surface area contributed by atoms with Gasteiger partial charge in [-0.25, -0.2) is 9.78 Å². The maximum atomic E-state index is 12.5. The Morgan fingerprint density at radius 2 is 2.15 bits per heavy atom. The number of alkyl halides is 3. The number of carboxylic acid groups (broad SMARTS) is 1. The number of aromatic nitrogens is 1. The lowest BCUT2D eigenvalue weighted by Gasteiger charge is -2.23. The van der Waals surface area contributed by atoms with Gasteiger partial charge in [0.25, 0.3) is 0 Å². The van der Waals surface area contributed by atoms with E-state index in [1.54, 1.807) is 0 Å². The number of pyridine rings is 1. The lowest BCUT2D eigenvalue weighted by Crippen LogP contribution is -2.36. The number of aliphatic carboxylic acids is 1. The van der Waals surface area contributed by atoms with E-state index in [1.165, 1.54) is 4.90 Å². The molecule has 110 valence electrons. The molecular formula is C11H10ClF3N2O3. The second kappa shape index (κ2) is 5.10. The molecule has 0 unspecified atom stereocenters. The van der Waals surface area contributed by atoms with E-state index in [0.29, 0.717) is 12.3 Å². The minimum absolute atomic E-state index is 0.0334. The van der Waals surface area contributed by atoms with Crippen molar-refractivity contribution in [2.24, 2.45) is 0 Å². The van der Waals surface area contributed by atoms with Gasteiger partial charge in [0.2, 0.25) is 0 Å². The largest absolute Gasteiger partial charge is 0.480 e. The number of carboxylic acids is 1. The van der Waals surface area contributed by atoms with Gasteiger partial charge in [-0.3, -0.25) is 0 Å². The molecule has 0 aliphatic carbocycles. The van der Waals surface area contributed by atoms with Crippen molar-refractivity contribution >= 4 is 23.4 Å². The van der Waals surface area contributed by atoms with E-state index in [0.717, 1.165) is 0 Å². The minimum atomic E-state index is -4.58. The molecule has 0 bridgehead atoms. The van der Waals surface area contributed by atoms with Gasteiger partial charge >= 0.3 is 12.1 Å². The first-order chi connectivity index (χ1) is 9.20. The molecule has 1 aromatic heterocycles. The fraction of sp³-hybridized carbons (Fsp3) is 0.455. The van der Waals surface area contributed by atoms with Crippen molar-refractivity contribution in [3.63, 3.8) is 0 Å². The summed E-state index contributed by atoms with van der Waals surface area (Å²) in [6.45, 7) is -0.0466. The maximum Gasteiger partial charge on any atom is 0.417 e. The third-order valence-electron chi connectivity index (χ3n) is 2.99. The van der Waals surface area contributed by atoms with Crippen LogP contribution in [0.1, 0.15) is 12.0 Å². The number of hydrogen-bond donors (Lipinski definition) is 2. The summed E-state index contributed by atoms with van der Waals surface area (Å²) in [5.74, 6) is -1.28. The average molecular weight is 311 g/mol. The van der Waals surface area contributed by atoms with Crippen molar-refractivity contribution in [1.82, 2.24) is 4.98 Å². The van der Waals surface area contributed by atoms with E-state index in [1.807, 2.05) is 0 Å². The highest BCUT2D eigenvalue weighted by Gasteiger charge is 2.38. The number of halogens is 4. The summed E-state index contributed by atoms with van der Waals surface area (Å²) in [5, 5.41) is 18.2. The Balaban J connectivity index is 2.36. The van der Waals surface area contributed by atoms with Crippen LogP contribution in [-0.4, -0.2) is 39.9 Å². The average Bonchev–Trinajstić information content (AvgIpc) is 2.70. The van der Waals surface area contributed by atoms with Crippen LogP contribution in [0.3, 0.4) is 0 Å². The van der Waals surface area contributed by atoms with Crippen LogP contribution in [0.2, 0.25) is 5.02 Å². The van der Waals surface area contributed by atoms with Crippen LogP contribution >= 0.6 is 11.6 Å². The molecule has 1 aromatic rings. The lowest BCUT2D eigenvalue weighted by molar-refractivity contribution is -0.139. The molecule has 5 nitrogen and oxygen atoms in total. The Morgan fingerprint density at radius 3 is 2.65 bits per heavy atom. The van der Waals surface area contributed by atoms with E-state index in [2.05, 4.69) is 4.98 Å². The van der Waals surface area contributed by atoms with Crippen LogP contribution in [0.4, 0.5) is 19.0 Å². The van der Waals surface area contributed by atoms with Crippen LogP contribution in [0.15, 0.2) is 12.3 Å². The van der Waals surface area contributed by atoms with Gasteiger partial charge in [-0.1, -0.05) is 11.6 Å². The standard InChI is InChI=1S/C11H10ClF3N2O3/c12-7-1-5(11(13,14)15)3-16-9(7)17-4-6(18)2-8(17)10(19)20/h1,3,6,8,18H,2,4H2,(H,19,20)/t6-,8+/m1/s1. The molecular weight excluding hydrogens is 301 g/mol. The molecule has 0 aromatic carbocycles. The number of β-amino-alcohol motifs (C(OH)–C–C–N with tert-alkyl or cyclic N) is 1. The van der Waals surface area contributed by atoms with E-state index in [4.69, 9.17) is 16.7 Å². The molecule has 0 radical (unpaired) electrons. The van der Waals surface area contributed by atoms with Crippen molar-refractivity contribution in [3.8, 4) is 0 Å². The van der Waals surface area contributed by atoms with Crippen molar-refractivity contribution in [1.29, 1.82) is 0 Å². The monoisotopic (exact) mass is 310 g/mol. The Kier molecular flexibility index (Phi) is 3.79. The summed E-state index contributed by atoms with van der Waals surface area (Å²) >= 11 is 5.75. The molecule has 2 rings (SSSR count). The maximum absolute atomic E-state index is 12.5. The van der Waals surface area contributed by atoms with Gasteiger partial charge in [0, 0.05) is 19.2 Å². The van der Waals surface area contributed by atoms with Crippen molar-refractivity contribution in [3.05, 3.63) is 22.8 Å². The van der Waals surface area contributed by atoms with E-state index < -0.39 is 29.9 Å². The molecule has 2 atom stereocenters. The van der Waals surface area contributed by atoms with Crippen LogP contribution in [0.5, 0.6) is 0 Å². The van der Waals surface area contributed by atoms with Crippen LogP contribution < -0.4 is 4.90 Å². The Hall–Kier alpha value is -1.54. The normalized spacial score (nSPS) is 23.1. The lowest BCUT2D eigenvalue weighted by atomic mass is 10.2. The number of anilines is 1. The van der Waals surface area contributed by atoms with Gasteiger partial charge in [-0.15, -0.1) is 0 Å². The van der Waals surface area contributed by atoms with Crippen LogP contribution in [-0.2, 0) is 11.0 Å². The SMILES string of the molecule is O=C(O)[C@@H]1C[C@@H](O)CN1c1ncc(C(F)(F)F)cc1Cl. The topological polar surface area (TPSA) is 73.7 Å². The summed E-state index contributed by atoms with van der Waals surface area (Å²) in [5.41, 5.74) is -1.02. The van der Waals surface area contributed by atoms with Crippen molar-refractivity contribution < 1.29 is 28.2 Å². The number of rotatable bonds is 2. The zero-order chi connectivity index (χ0) is 15.1. The Labute approximate surface area is 116 Å². The predicted molar refractivity (Wildman–Crippen MR) is 63.6 cm³/mol. The quantitative estimate of drug-likeness (QED) is 0.871. The van der Waals surface area contributed by atoms with Gasteiger partial charge in [0.05, 0.1) is 16.7 Å². The third-order valence-corrected chi connectivity index (χ3v) is 3.26. The molecule has 9 heteroatoms. The zero-order valence-corrected chi connectivity index (χ0v) is 10.7. The molecule has 1 saturated heterocycles. The van der Waals surface area contributed by atoms with Crippen LogP contribution in [0, 0.1) is 0 Å². The Morgan fingerprint density at radius 1 is 1.50 bits per heavy atom. The number of aliphatic hydroxyl groups excluding tert-OH is 1. The molecule has 2 N–H and O–H groups in total. The zero-order valence-electron chi connectivity index (χ0n) is 9.93. The number of aliphatic hydroxyl groups is 1. The summed E-state index contributed by atoms with van der Waals surface area (Å²) < 4.78 is 37.5. The highest BCUT2D eigenvalue weighted by atomic mass is 35.5. The van der Waals surface area contributed by atoms with Crippen LogP contribution in [0.25, 0.3) is 0 Å². The highest BCUT2D eigenvalue weighted by Crippen LogP contribution is 2.35. The first-order valence-electron chi connectivity index (χ1n) is 5.60. The first kappa shape index (κ1) is 14.9. The smallest absolute Gasteiger partial charge is 0.417 e. The van der Waals surface area contributed by atoms with E-state index >= 15 is 0 Å². The summed E-state index contributed by atoms with van der Waals surface area (Å²) in [6.07, 6.45) is -4.92. The first-order valence-corrected chi connectivity index (χ1v) is 5.98. The molecule has 0 amide bonds. The Bertz CT molecular complexity index is 538. The molecule has 0 saturated carbocycles. The van der Waals surface area contributed by atoms with E-state index in [9.17, 15) is 23.1 Å². The van der Waals surface area contributed by atoms with Crippen molar-refractivity contribution in [2.45, 2.75) is 24.7 Å². The molecule has 1 aliphatic rings. The van der Waals surface area contributed by atoms with Gasteiger partial charge in [0.1, 0.15) is 11.9 Å². The fourth-order valence-electron chi connectivity index (χ4n) is 2.08. The number of carbonyl (C=O) groups is 1. The minimum Gasteiger partial charge on any atom is -0.480 e. The summed E-state index contributed by atoms with van der Waals surface area (Å²) in [4.78, 5) is 15.8. The van der Waals surface area contributed by atoms with Gasteiger partial charge in [-0.05, 0) is 6.07 Å². The molecule has 1 fully saturated rings. The molecule has 1 aliphatic heterocycles. The second-order valence-corrected chi connectivity index (χ2v) is 4.83. The molecule has 20 heavy (non-hydrogen) atoms. The van der Waals surface area contributed by atoms with Crippen molar-refractivity contribution in [2.75, 3.05) is 11.4 Å². The summed E-state index contributed by atoms with van der Waals surface area (Å²) in [6, 6.07) is -0.375. The number of hydrogen-bond acceptors (Lipinski definition) is 4. The predicted octanol–water partition coefficient (Wildman–Crippen LogP) is 1.78. The third kappa shape index (κ3) is 2.80. The fourth-order valence-corrected chi connectivity index (χ4v) is 2.35. The molecule has 2 heterocycles. The summed E-state index contributed by atoms with van der Waals surface area (Å²) in [7, 11) is 0. The number of nitrogens with zero attached hydrogens (tertiary/aromatic N) is 2. The van der Waals surface area contributed by atoms with Gasteiger partial charge in [0.15, 0.2) is 0 Å². The van der Waals surface area contributed by atoms with Gasteiger partial charge in [-0.2, -0.15) is 13.2 Å². The second-order valence-electron chi connectivity index (χ2n) is 4.42. The van der Waals surface area contributed by atoms with Gasteiger partial charge < -0.3 is 15.1 Å². The van der Waals surface area contributed by atoms with E-state index in [-0.39, 0.29) is 23.8 Å².